The Morgan fingerprint density at radius 1 is 0.879 bits per heavy atom. The highest BCUT2D eigenvalue weighted by Crippen LogP contribution is 2.38. The lowest BCUT2D eigenvalue weighted by Gasteiger charge is -2.48. The molecule has 178 valence electrons. The molecule has 2 fully saturated rings. The van der Waals surface area contributed by atoms with Crippen molar-refractivity contribution in [2.24, 2.45) is 0 Å². The Bertz CT molecular complexity index is 998. The van der Waals surface area contributed by atoms with E-state index in [9.17, 15) is 0 Å². The highest BCUT2D eigenvalue weighted by atomic mass is 16.7. The summed E-state index contributed by atoms with van der Waals surface area (Å²) in [5.41, 5.74) is 5.51. The highest BCUT2D eigenvalue weighted by molar-refractivity contribution is 6.62. The van der Waals surface area contributed by atoms with Crippen LogP contribution in [0.2, 0.25) is 0 Å². The van der Waals surface area contributed by atoms with Gasteiger partial charge in [0.05, 0.1) is 17.8 Å². The molecule has 2 saturated heterocycles. The second-order valence-electron chi connectivity index (χ2n) is 11.3. The molecule has 0 spiro atoms. The summed E-state index contributed by atoms with van der Waals surface area (Å²) >= 11 is 0. The predicted molar refractivity (Wildman–Crippen MR) is 137 cm³/mol. The van der Waals surface area contributed by atoms with Crippen molar-refractivity contribution >= 4 is 12.6 Å². The summed E-state index contributed by atoms with van der Waals surface area (Å²) in [5.74, 6) is 0.968. The first-order valence-electron chi connectivity index (χ1n) is 12.4. The van der Waals surface area contributed by atoms with Gasteiger partial charge in [-0.2, -0.15) is 0 Å². The Hall–Kier alpha value is -1.82. The van der Waals surface area contributed by atoms with Gasteiger partial charge in [-0.15, -0.1) is 0 Å². The van der Waals surface area contributed by atoms with Crippen LogP contribution in [0.25, 0.3) is 11.1 Å². The molecule has 5 heteroatoms. The molecule has 0 radical (unpaired) electrons. The summed E-state index contributed by atoms with van der Waals surface area (Å²) in [6.07, 6.45) is 2.34. The van der Waals surface area contributed by atoms with E-state index in [0.29, 0.717) is 5.54 Å². The van der Waals surface area contributed by atoms with Crippen LogP contribution in [-0.2, 0) is 9.31 Å². The average Bonchev–Trinajstić information content (AvgIpc) is 2.95. The third-order valence-electron chi connectivity index (χ3n) is 8.14. The van der Waals surface area contributed by atoms with Gasteiger partial charge in [0.25, 0.3) is 0 Å². The van der Waals surface area contributed by atoms with E-state index in [1.165, 1.54) is 35.2 Å². The fourth-order valence-corrected chi connectivity index (χ4v) is 4.80. The summed E-state index contributed by atoms with van der Waals surface area (Å²) in [7, 11) is -0.361. The molecule has 2 aromatic carbocycles. The maximum atomic E-state index is 6.34. The first-order valence-corrected chi connectivity index (χ1v) is 12.4. The molecule has 2 heterocycles. The van der Waals surface area contributed by atoms with E-state index >= 15 is 0 Å². The van der Waals surface area contributed by atoms with E-state index in [0.717, 1.165) is 30.8 Å². The summed E-state index contributed by atoms with van der Waals surface area (Å²) < 4.78 is 18.9. The summed E-state index contributed by atoms with van der Waals surface area (Å²) in [4.78, 5) is 2.55. The lowest BCUT2D eigenvalue weighted by atomic mass is 9.74. The molecule has 4 rings (SSSR count). The smallest absolute Gasteiger partial charge is 0.493 e. The normalized spacial score (nSPS) is 21.2. The number of hydrogen-bond donors (Lipinski definition) is 0. The molecule has 0 bridgehead atoms. The largest absolute Gasteiger partial charge is 0.495 e. The summed E-state index contributed by atoms with van der Waals surface area (Å²) in [6.45, 7) is 20.4. The lowest BCUT2D eigenvalue weighted by molar-refractivity contribution is 0.00578. The van der Waals surface area contributed by atoms with E-state index in [1.807, 2.05) is 0 Å². The standard InChI is InChI=1S/C28H40BNO3/c1-20-22(12-9-14-24(20)29-32-27(5,6)28(7,8)33-29)23-13-10-15-25(21(23)2)31-19-11-17-30-18-16-26(30,3)4/h9-10,12-15H,11,16-19H2,1-8H3. The maximum Gasteiger partial charge on any atom is 0.495 e. The minimum Gasteiger partial charge on any atom is -0.493 e. The molecular weight excluding hydrogens is 409 g/mol. The van der Waals surface area contributed by atoms with Crippen molar-refractivity contribution in [1.82, 2.24) is 4.90 Å². The molecule has 2 aromatic rings. The van der Waals surface area contributed by atoms with Crippen LogP contribution >= 0.6 is 0 Å². The Morgan fingerprint density at radius 2 is 1.48 bits per heavy atom. The van der Waals surface area contributed by atoms with Gasteiger partial charge in [-0.05, 0) is 102 Å². The van der Waals surface area contributed by atoms with Crippen molar-refractivity contribution < 1.29 is 14.0 Å². The maximum absolute atomic E-state index is 6.34. The monoisotopic (exact) mass is 449 g/mol. The zero-order valence-electron chi connectivity index (χ0n) is 21.7. The minimum atomic E-state index is -0.361. The third kappa shape index (κ3) is 4.60. The SMILES string of the molecule is Cc1c(OCCCN2CCC2(C)C)cccc1-c1cccc(B2OC(C)(C)C(C)(C)O2)c1C. The van der Waals surface area contributed by atoms with E-state index in [1.54, 1.807) is 0 Å². The van der Waals surface area contributed by atoms with Crippen LogP contribution < -0.4 is 10.2 Å². The molecule has 0 N–H and O–H groups in total. The Morgan fingerprint density at radius 3 is 2.06 bits per heavy atom. The number of likely N-dealkylation sites (tertiary alicyclic amines) is 1. The van der Waals surface area contributed by atoms with Crippen LogP contribution in [0.3, 0.4) is 0 Å². The second-order valence-corrected chi connectivity index (χ2v) is 11.3. The second kappa shape index (κ2) is 8.76. The topological polar surface area (TPSA) is 30.9 Å². The van der Waals surface area contributed by atoms with E-state index in [4.69, 9.17) is 14.0 Å². The fraction of sp³-hybridized carbons (Fsp3) is 0.571. The molecular formula is C28H40BNO3. The molecule has 0 atom stereocenters. The van der Waals surface area contributed by atoms with Crippen LogP contribution in [0.15, 0.2) is 36.4 Å². The van der Waals surface area contributed by atoms with Gasteiger partial charge in [0.2, 0.25) is 0 Å². The van der Waals surface area contributed by atoms with Gasteiger partial charge < -0.3 is 14.0 Å². The Labute approximate surface area is 200 Å². The van der Waals surface area contributed by atoms with Gasteiger partial charge in [-0.3, -0.25) is 4.90 Å². The van der Waals surface area contributed by atoms with E-state index < -0.39 is 0 Å². The van der Waals surface area contributed by atoms with Gasteiger partial charge in [0, 0.05) is 18.6 Å². The van der Waals surface area contributed by atoms with Crippen LogP contribution in [0.1, 0.15) is 65.5 Å². The van der Waals surface area contributed by atoms with Crippen molar-refractivity contribution in [3.8, 4) is 16.9 Å². The Kier molecular flexibility index (Phi) is 6.45. The highest BCUT2D eigenvalue weighted by Gasteiger charge is 2.52. The first-order chi connectivity index (χ1) is 15.4. The lowest BCUT2D eigenvalue weighted by Crippen LogP contribution is -2.55. The molecule has 4 nitrogen and oxygen atoms in total. The number of nitrogens with zero attached hydrogens (tertiary/aromatic N) is 1. The molecule has 0 aromatic heterocycles. The number of ether oxygens (including phenoxy) is 1. The number of hydrogen-bond acceptors (Lipinski definition) is 4. The fourth-order valence-electron chi connectivity index (χ4n) is 4.80. The van der Waals surface area contributed by atoms with Crippen LogP contribution in [0.5, 0.6) is 5.75 Å². The zero-order valence-corrected chi connectivity index (χ0v) is 21.7. The molecule has 0 unspecified atom stereocenters. The molecule has 2 aliphatic heterocycles. The van der Waals surface area contributed by atoms with Gasteiger partial charge >= 0.3 is 7.12 Å². The first kappa shape index (κ1) is 24.3. The summed E-state index contributed by atoms with van der Waals surface area (Å²) in [6, 6.07) is 12.8. The number of rotatable bonds is 7. The third-order valence-corrected chi connectivity index (χ3v) is 8.14. The molecule has 0 aliphatic carbocycles. The number of benzene rings is 2. The zero-order chi connectivity index (χ0) is 24.0. The molecule has 2 aliphatic rings. The minimum absolute atomic E-state index is 0.352. The van der Waals surface area contributed by atoms with Gasteiger partial charge in [0.1, 0.15) is 5.75 Å². The van der Waals surface area contributed by atoms with Crippen molar-refractivity contribution in [3.63, 3.8) is 0 Å². The van der Waals surface area contributed by atoms with Crippen molar-refractivity contribution in [2.75, 3.05) is 19.7 Å². The van der Waals surface area contributed by atoms with Crippen molar-refractivity contribution in [2.45, 2.75) is 85.0 Å². The Balaban J connectivity index is 1.50. The molecule has 0 amide bonds. The predicted octanol–water partition coefficient (Wildman–Crippen LogP) is 5.52. The van der Waals surface area contributed by atoms with Crippen LogP contribution in [-0.4, -0.2) is 48.5 Å². The van der Waals surface area contributed by atoms with Gasteiger partial charge in [-0.1, -0.05) is 30.3 Å². The van der Waals surface area contributed by atoms with Gasteiger partial charge in [0.15, 0.2) is 0 Å². The molecule has 0 saturated carbocycles. The molecule has 33 heavy (non-hydrogen) atoms. The van der Waals surface area contributed by atoms with Crippen molar-refractivity contribution in [1.29, 1.82) is 0 Å². The van der Waals surface area contributed by atoms with E-state index in [2.05, 4.69) is 96.7 Å². The quantitative estimate of drug-likeness (QED) is 0.411. The average molecular weight is 449 g/mol. The summed E-state index contributed by atoms with van der Waals surface area (Å²) in [5, 5.41) is 0. The van der Waals surface area contributed by atoms with Crippen LogP contribution in [0.4, 0.5) is 0 Å². The van der Waals surface area contributed by atoms with Crippen molar-refractivity contribution in [3.05, 3.63) is 47.5 Å². The van der Waals surface area contributed by atoms with Gasteiger partial charge in [-0.25, -0.2) is 0 Å². The van der Waals surface area contributed by atoms with E-state index in [-0.39, 0.29) is 18.3 Å². The van der Waals surface area contributed by atoms with Crippen LogP contribution in [0, 0.1) is 13.8 Å².